The molecule has 0 amide bonds. The highest BCUT2D eigenvalue weighted by Gasteiger charge is 2.25. The molecule has 1 N–H and O–H groups in total. The van der Waals surface area contributed by atoms with E-state index < -0.39 is 5.97 Å². The molecule has 1 aliphatic rings. The van der Waals surface area contributed by atoms with Crippen LogP contribution in [-0.2, 0) is 11.4 Å². The zero-order chi connectivity index (χ0) is 22.8. The van der Waals surface area contributed by atoms with E-state index in [0.717, 1.165) is 37.7 Å². The number of aromatic nitrogens is 1. The van der Waals surface area contributed by atoms with Crippen molar-refractivity contribution in [3.05, 3.63) is 93.7 Å². The van der Waals surface area contributed by atoms with Gasteiger partial charge in [0.1, 0.15) is 23.2 Å². The first-order chi connectivity index (χ1) is 16.1. The van der Waals surface area contributed by atoms with Gasteiger partial charge in [-0.2, -0.15) is 0 Å². The summed E-state index contributed by atoms with van der Waals surface area (Å²) in [6, 6.07) is 18.9. The van der Waals surface area contributed by atoms with Crippen LogP contribution in [0.3, 0.4) is 0 Å². The fraction of sp³-hybridized carbons (Fsp3) is 0.154. The molecule has 166 valence electrons. The van der Waals surface area contributed by atoms with Crippen LogP contribution >= 0.6 is 23.1 Å². The molecule has 1 unspecified atom stereocenters. The average Bonchev–Trinajstić information content (AvgIpc) is 3.14. The van der Waals surface area contributed by atoms with Crippen molar-refractivity contribution in [1.82, 2.24) is 4.98 Å². The number of fused-ring (bicyclic) bond motifs is 3. The summed E-state index contributed by atoms with van der Waals surface area (Å²) >= 11 is 3.13. The Balaban J connectivity index is 1.47. The molecule has 0 saturated carbocycles. The van der Waals surface area contributed by atoms with Crippen LogP contribution in [0.2, 0.25) is 0 Å². The summed E-state index contributed by atoms with van der Waals surface area (Å²) < 4.78 is 20.5. The molecular formula is C26H20FNO3S2. The average molecular weight is 478 g/mol. The van der Waals surface area contributed by atoms with Crippen molar-refractivity contribution < 1.29 is 19.0 Å². The minimum atomic E-state index is -0.798. The van der Waals surface area contributed by atoms with Crippen LogP contribution in [0.15, 0.2) is 60.7 Å². The highest BCUT2D eigenvalue weighted by molar-refractivity contribution is 7.99. The van der Waals surface area contributed by atoms with E-state index in [9.17, 15) is 9.18 Å². The minimum Gasteiger partial charge on any atom is -0.489 e. The van der Waals surface area contributed by atoms with Crippen LogP contribution in [0.4, 0.5) is 4.39 Å². The molecule has 4 aromatic rings. The topological polar surface area (TPSA) is 59.4 Å². The van der Waals surface area contributed by atoms with Gasteiger partial charge in [0.25, 0.3) is 0 Å². The van der Waals surface area contributed by atoms with Gasteiger partial charge in [0.15, 0.2) is 0 Å². The zero-order valence-corrected chi connectivity index (χ0v) is 19.2. The van der Waals surface area contributed by atoms with E-state index in [1.54, 1.807) is 17.8 Å². The number of thioether (sulfide) groups is 1. The minimum absolute atomic E-state index is 0.0168. The van der Waals surface area contributed by atoms with Gasteiger partial charge in [-0.15, -0.1) is 23.1 Å². The Bertz CT molecular complexity index is 1360. The van der Waals surface area contributed by atoms with Gasteiger partial charge in [0.05, 0.1) is 21.9 Å². The first kappa shape index (κ1) is 21.7. The Morgan fingerprint density at radius 1 is 1.15 bits per heavy atom. The van der Waals surface area contributed by atoms with Crippen LogP contribution in [0.1, 0.15) is 38.9 Å². The molecule has 3 aromatic carbocycles. The number of halogens is 1. The summed E-state index contributed by atoms with van der Waals surface area (Å²) in [7, 11) is 0. The second-order valence-electron chi connectivity index (χ2n) is 7.68. The normalized spacial score (nSPS) is 15.1. The molecule has 2 heterocycles. The number of nitrogens with zero attached hydrogens (tertiary/aromatic N) is 1. The van der Waals surface area contributed by atoms with Crippen molar-refractivity contribution in [2.75, 3.05) is 5.75 Å². The van der Waals surface area contributed by atoms with E-state index in [-0.39, 0.29) is 17.5 Å². The van der Waals surface area contributed by atoms with Crippen molar-refractivity contribution >= 4 is 51.4 Å². The number of carboxylic acids is 1. The van der Waals surface area contributed by atoms with E-state index in [2.05, 4.69) is 23.2 Å². The summed E-state index contributed by atoms with van der Waals surface area (Å²) in [6.45, 7) is 0.483. The van der Waals surface area contributed by atoms with Gasteiger partial charge in [0, 0.05) is 17.4 Å². The number of aliphatic carboxylic acids is 1. The largest absolute Gasteiger partial charge is 0.489 e. The summed E-state index contributed by atoms with van der Waals surface area (Å²) in [5.41, 5.74) is 4.94. The highest BCUT2D eigenvalue weighted by Crippen LogP contribution is 2.44. The predicted molar refractivity (Wildman–Crippen MR) is 132 cm³/mol. The molecule has 5 rings (SSSR count). The SMILES string of the molecule is O=C(O)CCSC1c2ccccc2COc2ccc(C=Cc3nc4cc(F)ccc4s3)cc21. The van der Waals surface area contributed by atoms with Crippen molar-refractivity contribution in [2.24, 2.45) is 0 Å². The lowest BCUT2D eigenvalue weighted by molar-refractivity contribution is -0.136. The Morgan fingerprint density at radius 3 is 2.91 bits per heavy atom. The van der Waals surface area contributed by atoms with E-state index in [1.165, 1.54) is 23.5 Å². The van der Waals surface area contributed by atoms with Gasteiger partial charge in [-0.1, -0.05) is 36.4 Å². The Kier molecular flexibility index (Phi) is 6.15. The molecule has 0 fully saturated rings. The van der Waals surface area contributed by atoms with E-state index in [1.807, 2.05) is 36.4 Å². The molecule has 1 aliphatic heterocycles. The van der Waals surface area contributed by atoms with Gasteiger partial charge in [-0.05, 0) is 47.0 Å². The van der Waals surface area contributed by atoms with Crippen molar-refractivity contribution in [1.29, 1.82) is 0 Å². The maximum Gasteiger partial charge on any atom is 0.304 e. The molecule has 33 heavy (non-hydrogen) atoms. The molecule has 0 saturated heterocycles. The summed E-state index contributed by atoms with van der Waals surface area (Å²) in [4.78, 5) is 15.6. The molecule has 0 bridgehead atoms. The lowest BCUT2D eigenvalue weighted by Crippen LogP contribution is -2.03. The van der Waals surface area contributed by atoms with Gasteiger partial charge >= 0.3 is 5.97 Å². The second-order valence-corrected chi connectivity index (χ2v) is 9.95. The maximum absolute atomic E-state index is 13.5. The van der Waals surface area contributed by atoms with E-state index in [0.29, 0.717) is 17.9 Å². The molecule has 0 spiro atoms. The molecule has 1 atom stereocenters. The Hall–Kier alpha value is -3.16. The predicted octanol–water partition coefficient (Wildman–Crippen LogP) is 6.80. The Labute approximate surface area is 198 Å². The standard InChI is InChI=1S/C26H20FNO3S2/c27-18-7-9-23-21(14-18)28-24(33-23)10-6-16-5-8-22-20(13-16)26(32-12-11-25(29)30)19-4-2-1-3-17(19)15-31-22/h1-10,13-14,26H,11-12,15H2,(H,29,30). The number of benzene rings is 3. The first-order valence-corrected chi connectivity index (χ1v) is 12.4. The van der Waals surface area contributed by atoms with Crippen molar-refractivity contribution in [2.45, 2.75) is 18.3 Å². The number of hydrogen-bond donors (Lipinski definition) is 1. The third kappa shape index (κ3) is 4.79. The van der Waals surface area contributed by atoms with E-state index >= 15 is 0 Å². The molecule has 7 heteroatoms. The molecule has 4 nitrogen and oxygen atoms in total. The lowest BCUT2D eigenvalue weighted by Gasteiger charge is -2.19. The monoisotopic (exact) mass is 477 g/mol. The number of carboxylic acid groups (broad SMARTS) is 1. The number of thiazole rings is 1. The summed E-state index contributed by atoms with van der Waals surface area (Å²) in [5, 5.41) is 9.89. The van der Waals surface area contributed by atoms with Crippen LogP contribution in [0.5, 0.6) is 5.75 Å². The molecule has 1 aromatic heterocycles. The van der Waals surface area contributed by atoms with Gasteiger partial charge in [-0.25, -0.2) is 9.37 Å². The number of ether oxygens (including phenoxy) is 1. The first-order valence-electron chi connectivity index (χ1n) is 10.5. The maximum atomic E-state index is 13.5. The number of carbonyl (C=O) groups is 1. The highest BCUT2D eigenvalue weighted by atomic mass is 32.2. The van der Waals surface area contributed by atoms with Gasteiger partial charge < -0.3 is 9.84 Å². The Morgan fingerprint density at radius 2 is 2.03 bits per heavy atom. The van der Waals surface area contributed by atoms with Gasteiger partial charge in [0.2, 0.25) is 0 Å². The zero-order valence-electron chi connectivity index (χ0n) is 17.5. The van der Waals surface area contributed by atoms with Crippen LogP contribution in [0.25, 0.3) is 22.4 Å². The fourth-order valence-corrected chi connectivity index (χ4v) is 6.00. The van der Waals surface area contributed by atoms with E-state index in [4.69, 9.17) is 9.84 Å². The van der Waals surface area contributed by atoms with Crippen molar-refractivity contribution in [3.8, 4) is 5.75 Å². The smallest absolute Gasteiger partial charge is 0.304 e. The lowest BCUT2D eigenvalue weighted by atomic mass is 9.98. The quantitative estimate of drug-likeness (QED) is 0.331. The number of hydrogen-bond acceptors (Lipinski definition) is 5. The van der Waals surface area contributed by atoms with Crippen LogP contribution in [0, 0.1) is 5.82 Å². The number of rotatable bonds is 6. The molecule has 0 radical (unpaired) electrons. The van der Waals surface area contributed by atoms with Crippen LogP contribution < -0.4 is 4.74 Å². The molecule has 0 aliphatic carbocycles. The van der Waals surface area contributed by atoms with Gasteiger partial charge in [-0.3, -0.25) is 4.79 Å². The summed E-state index contributed by atoms with van der Waals surface area (Å²) in [5.74, 6) is 0.233. The van der Waals surface area contributed by atoms with Crippen molar-refractivity contribution in [3.63, 3.8) is 0 Å². The molecular weight excluding hydrogens is 457 g/mol. The third-order valence-corrected chi connectivity index (χ3v) is 7.70. The second kappa shape index (κ2) is 9.37. The summed E-state index contributed by atoms with van der Waals surface area (Å²) in [6.07, 6.45) is 4.03. The third-order valence-electron chi connectivity index (χ3n) is 5.42. The van der Waals surface area contributed by atoms with Crippen LogP contribution in [-0.4, -0.2) is 21.8 Å². The fourth-order valence-electron chi connectivity index (χ4n) is 3.85.